The molecule has 1 N–H and O–H groups in total. The van der Waals surface area contributed by atoms with Crippen molar-refractivity contribution in [3.05, 3.63) is 58.1 Å². The molecule has 0 unspecified atom stereocenters. The average molecular weight is 481 g/mol. The van der Waals surface area contributed by atoms with E-state index in [9.17, 15) is 13.2 Å². The molecule has 3 aromatic rings. The summed E-state index contributed by atoms with van der Waals surface area (Å²) in [6, 6.07) is 10.6. The van der Waals surface area contributed by atoms with Gasteiger partial charge in [-0.05, 0) is 48.9 Å². The van der Waals surface area contributed by atoms with E-state index in [-0.39, 0.29) is 15.5 Å². The van der Waals surface area contributed by atoms with Crippen LogP contribution >= 0.6 is 22.9 Å². The second-order valence-electron chi connectivity index (χ2n) is 6.52. The lowest BCUT2D eigenvalue weighted by atomic mass is 10.2. The number of aromatic nitrogens is 2. The van der Waals surface area contributed by atoms with Crippen molar-refractivity contribution in [3.8, 4) is 5.75 Å². The Morgan fingerprint density at radius 3 is 2.55 bits per heavy atom. The molecule has 0 spiro atoms. The number of carbonyl (C=O) groups is 1. The minimum atomic E-state index is -3.93. The summed E-state index contributed by atoms with van der Waals surface area (Å²) in [6.07, 6.45) is 1.68. The first-order chi connectivity index (χ1) is 14.8. The van der Waals surface area contributed by atoms with E-state index in [1.165, 1.54) is 43.7 Å². The summed E-state index contributed by atoms with van der Waals surface area (Å²) < 4.78 is 32.4. The van der Waals surface area contributed by atoms with Gasteiger partial charge in [-0.15, -0.1) is 10.2 Å². The summed E-state index contributed by atoms with van der Waals surface area (Å²) in [5.74, 6) is 0.0483. The van der Waals surface area contributed by atoms with Gasteiger partial charge in [0.1, 0.15) is 10.8 Å². The zero-order chi connectivity index (χ0) is 22.6. The first-order valence-electron chi connectivity index (χ1n) is 9.32. The maximum absolute atomic E-state index is 13.1. The summed E-state index contributed by atoms with van der Waals surface area (Å²) in [6.45, 7) is 2.02. The Labute approximate surface area is 189 Å². The van der Waals surface area contributed by atoms with Gasteiger partial charge in [0.2, 0.25) is 5.13 Å². The van der Waals surface area contributed by atoms with Crippen molar-refractivity contribution in [1.82, 2.24) is 10.2 Å². The molecule has 8 nitrogen and oxygen atoms in total. The van der Waals surface area contributed by atoms with E-state index in [1.807, 2.05) is 6.92 Å². The standard InChI is InChI=1S/C20H21ClN4O4S2/c1-4-5-18-23-24-20(30-18)22-19(26)16-12-15(10-11-17(16)21)31(27,28)25(2)13-6-8-14(29-3)9-7-13/h6-12H,4-5H2,1-3H3,(H,22,24,26). The molecule has 1 heterocycles. The van der Waals surface area contributed by atoms with Crippen LogP contribution in [0.5, 0.6) is 5.75 Å². The SMILES string of the molecule is CCCc1nnc(NC(=O)c2cc(S(=O)(=O)N(C)c3ccc(OC)cc3)ccc2Cl)s1. The van der Waals surface area contributed by atoms with Crippen LogP contribution in [0.15, 0.2) is 47.4 Å². The maximum atomic E-state index is 13.1. The lowest BCUT2D eigenvalue weighted by molar-refractivity contribution is 0.102. The van der Waals surface area contributed by atoms with Gasteiger partial charge in [0, 0.05) is 13.5 Å². The molecule has 31 heavy (non-hydrogen) atoms. The number of hydrogen-bond acceptors (Lipinski definition) is 7. The van der Waals surface area contributed by atoms with Crippen LogP contribution in [0.1, 0.15) is 28.7 Å². The highest BCUT2D eigenvalue weighted by Crippen LogP contribution is 2.28. The molecule has 0 radical (unpaired) electrons. The second-order valence-corrected chi connectivity index (χ2v) is 9.96. The Balaban J connectivity index is 1.86. The fourth-order valence-corrected chi connectivity index (χ4v) is 4.97. The Morgan fingerprint density at radius 1 is 1.19 bits per heavy atom. The van der Waals surface area contributed by atoms with Crippen LogP contribution in [0.25, 0.3) is 0 Å². The van der Waals surface area contributed by atoms with Gasteiger partial charge < -0.3 is 4.74 Å². The topological polar surface area (TPSA) is 101 Å². The predicted octanol–water partition coefficient (Wildman–Crippen LogP) is 4.23. The number of aryl methyl sites for hydroxylation is 1. The molecule has 1 amide bonds. The number of amides is 1. The number of rotatable bonds is 8. The highest BCUT2D eigenvalue weighted by molar-refractivity contribution is 7.92. The van der Waals surface area contributed by atoms with Crippen LogP contribution in [-0.2, 0) is 16.4 Å². The molecule has 0 aliphatic heterocycles. The number of nitrogens with zero attached hydrogens (tertiary/aromatic N) is 3. The van der Waals surface area contributed by atoms with Crippen LogP contribution in [0.2, 0.25) is 5.02 Å². The van der Waals surface area contributed by atoms with Crippen LogP contribution in [0.4, 0.5) is 10.8 Å². The molecule has 1 aromatic heterocycles. The van der Waals surface area contributed by atoms with E-state index in [4.69, 9.17) is 16.3 Å². The molecule has 0 bridgehead atoms. The third kappa shape index (κ3) is 5.15. The van der Waals surface area contributed by atoms with Crippen molar-refractivity contribution in [3.63, 3.8) is 0 Å². The number of hydrogen-bond donors (Lipinski definition) is 1. The molecular weight excluding hydrogens is 460 g/mol. The highest BCUT2D eigenvalue weighted by atomic mass is 35.5. The second kappa shape index (κ2) is 9.63. The zero-order valence-corrected chi connectivity index (χ0v) is 19.5. The Bertz CT molecular complexity index is 1180. The Morgan fingerprint density at radius 2 is 1.90 bits per heavy atom. The van der Waals surface area contributed by atoms with E-state index < -0.39 is 15.9 Å². The molecule has 0 atom stereocenters. The first-order valence-corrected chi connectivity index (χ1v) is 12.0. The lowest BCUT2D eigenvalue weighted by Crippen LogP contribution is -2.27. The summed E-state index contributed by atoms with van der Waals surface area (Å²) in [5, 5.41) is 11.8. The smallest absolute Gasteiger partial charge is 0.264 e. The summed E-state index contributed by atoms with van der Waals surface area (Å²) in [4.78, 5) is 12.6. The van der Waals surface area contributed by atoms with Gasteiger partial charge >= 0.3 is 0 Å². The predicted molar refractivity (Wildman–Crippen MR) is 122 cm³/mol. The average Bonchev–Trinajstić information content (AvgIpc) is 3.20. The molecule has 0 aliphatic rings. The van der Waals surface area contributed by atoms with Crippen LogP contribution in [0, 0.1) is 0 Å². The molecule has 0 aliphatic carbocycles. The molecule has 2 aromatic carbocycles. The molecule has 11 heteroatoms. The summed E-state index contributed by atoms with van der Waals surface area (Å²) in [5.41, 5.74) is 0.470. The number of benzene rings is 2. The fourth-order valence-electron chi connectivity index (χ4n) is 2.71. The number of ether oxygens (including phenoxy) is 1. The van der Waals surface area contributed by atoms with Crippen molar-refractivity contribution >= 4 is 49.7 Å². The van der Waals surface area contributed by atoms with Gasteiger partial charge in [0.25, 0.3) is 15.9 Å². The number of nitrogens with one attached hydrogen (secondary N) is 1. The van der Waals surface area contributed by atoms with E-state index in [0.29, 0.717) is 16.6 Å². The highest BCUT2D eigenvalue weighted by Gasteiger charge is 2.24. The van der Waals surface area contributed by atoms with Crippen molar-refractivity contribution in [2.45, 2.75) is 24.7 Å². The third-order valence-corrected chi connectivity index (χ3v) is 7.44. The largest absolute Gasteiger partial charge is 0.497 e. The van der Waals surface area contributed by atoms with Gasteiger partial charge in [-0.3, -0.25) is 14.4 Å². The lowest BCUT2D eigenvalue weighted by Gasteiger charge is -2.20. The van der Waals surface area contributed by atoms with Crippen molar-refractivity contribution in [2.24, 2.45) is 0 Å². The van der Waals surface area contributed by atoms with E-state index in [0.717, 1.165) is 22.2 Å². The minimum Gasteiger partial charge on any atom is -0.497 e. The molecular formula is C20H21ClN4O4S2. The number of halogens is 1. The molecule has 0 fully saturated rings. The van der Waals surface area contributed by atoms with Gasteiger partial charge in [-0.25, -0.2) is 8.42 Å². The minimum absolute atomic E-state index is 0.0260. The Kier molecular flexibility index (Phi) is 7.14. The van der Waals surface area contributed by atoms with Crippen LogP contribution in [-0.4, -0.2) is 38.7 Å². The van der Waals surface area contributed by atoms with Crippen molar-refractivity contribution in [1.29, 1.82) is 0 Å². The van der Waals surface area contributed by atoms with Gasteiger partial charge in [-0.2, -0.15) is 0 Å². The van der Waals surface area contributed by atoms with Crippen LogP contribution < -0.4 is 14.4 Å². The Hall–Kier alpha value is -2.69. The van der Waals surface area contributed by atoms with E-state index in [2.05, 4.69) is 15.5 Å². The number of anilines is 2. The molecule has 0 saturated heterocycles. The number of methoxy groups -OCH3 is 1. The third-order valence-electron chi connectivity index (χ3n) is 4.43. The normalized spacial score (nSPS) is 11.2. The fraction of sp³-hybridized carbons (Fsp3) is 0.250. The van der Waals surface area contributed by atoms with Gasteiger partial charge in [-0.1, -0.05) is 29.9 Å². The first kappa shape index (κ1) is 23.0. The van der Waals surface area contributed by atoms with Crippen molar-refractivity contribution < 1.29 is 17.9 Å². The summed E-state index contributed by atoms with van der Waals surface area (Å²) >= 11 is 7.44. The maximum Gasteiger partial charge on any atom is 0.264 e. The molecule has 0 saturated carbocycles. The van der Waals surface area contributed by atoms with E-state index >= 15 is 0 Å². The molecule has 164 valence electrons. The van der Waals surface area contributed by atoms with Crippen molar-refractivity contribution in [2.75, 3.05) is 23.8 Å². The monoisotopic (exact) mass is 480 g/mol. The van der Waals surface area contributed by atoms with E-state index in [1.54, 1.807) is 24.3 Å². The number of sulfonamides is 1. The molecule has 3 rings (SSSR count). The van der Waals surface area contributed by atoms with Gasteiger partial charge in [0.05, 0.1) is 28.3 Å². The summed E-state index contributed by atoms with van der Waals surface area (Å²) in [7, 11) is -0.970. The van der Waals surface area contributed by atoms with Crippen LogP contribution in [0.3, 0.4) is 0 Å². The quantitative estimate of drug-likeness (QED) is 0.517. The number of carbonyl (C=O) groups excluding carboxylic acids is 1. The van der Waals surface area contributed by atoms with Gasteiger partial charge in [0.15, 0.2) is 0 Å². The zero-order valence-electron chi connectivity index (χ0n) is 17.1.